The molecule has 3 aliphatic rings. The summed E-state index contributed by atoms with van der Waals surface area (Å²) in [7, 11) is 0. The van der Waals surface area contributed by atoms with Gasteiger partial charge in [0, 0.05) is 12.6 Å². The Balaban J connectivity index is 1.44. The summed E-state index contributed by atoms with van der Waals surface area (Å²) in [5, 5.41) is 9.99. The lowest BCUT2D eigenvalue weighted by atomic mass is 9.92. The first kappa shape index (κ1) is 21.4. The quantitative estimate of drug-likeness (QED) is 0.642. The van der Waals surface area contributed by atoms with Gasteiger partial charge in [0.05, 0.1) is 11.4 Å². The molecule has 1 aliphatic heterocycles. The highest BCUT2D eigenvalue weighted by molar-refractivity contribution is 7.13. The first-order valence-electron chi connectivity index (χ1n) is 12.0. The average molecular weight is 453 g/mol. The zero-order chi connectivity index (χ0) is 22.1. The van der Waals surface area contributed by atoms with Crippen LogP contribution in [0.4, 0.5) is 0 Å². The first-order chi connectivity index (χ1) is 15.5. The van der Waals surface area contributed by atoms with Crippen molar-refractivity contribution in [3.63, 3.8) is 0 Å². The minimum absolute atomic E-state index is 0.0470. The Kier molecular flexibility index (Phi) is 5.93. The summed E-state index contributed by atoms with van der Waals surface area (Å²) in [6.07, 6.45) is 12.2. The lowest BCUT2D eigenvalue weighted by molar-refractivity contribution is -0.133. The minimum atomic E-state index is -0.944. The maximum absolute atomic E-state index is 13.7. The molecule has 1 saturated carbocycles. The molecule has 0 spiro atoms. The number of nitrogens with zero attached hydrogens (tertiary/aromatic N) is 3. The van der Waals surface area contributed by atoms with Crippen LogP contribution >= 0.6 is 11.3 Å². The third-order valence-corrected chi connectivity index (χ3v) is 8.18. The second-order valence-corrected chi connectivity index (χ2v) is 10.5. The molecule has 0 unspecified atom stereocenters. The van der Waals surface area contributed by atoms with Crippen molar-refractivity contribution in [3.8, 4) is 10.6 Å². The molecule has 0 saturated heterocycles. The Labute approximate surface area is 193 Å². The molecule has 7 heteroatoms. The van der Waals surface area contributed by atoms with E-state index in [9.17, 15) is 9.59 Å². The van der Waals surface area contributed by atoms with Crippen LogP contribution in [0.1, 0.15) is 75.2 Å². The lowest BCUT2D eigenvalue weighted by Gasteiger charge is -2.44. The van der Waals surface area contributed by atoms with Crippen molar-refractivity contribution in [2.24, 2.45) is 0 Å². The highest BCUT2D eigenvalue weighted by Gasteiger charge is 2.48. The molecule has 32 heavy (non-hydrogen) atoms. The molecular formula is C25H32N4O2S. The van der Waals surface area contributed by atoms with E-state index in [1.807, 2.05) is 35.4 Å². The number of thiophene rings is 1. The van der Waals surface area contributed by atoms with Crippen LogP contribution in [0, 0.1) is 0 Å². The molecule has 0 radical (unpaired) electrons. The Hall–Kier alpha value is -2.41. The van der Waals surface area contributed by atoms with Gasteiger partial charge in [0.1, 0.15) is 16.9 Å². The van der Waals surface area contributed by atoms with Gasteiger partial charge in [-0.3, -0.25) is 14.3 Å². The summed E-state index contributed by atoms with van der Waals surface area (Å²) in [6, 6.07) is 6.11. The zero-order valence-electron chi connectivity index (χ0n) is 18.8. The predicted molar refractivity (Wildman–Crippen MR) is 127 cm³/mol. The third kappa shape index (κ3) is 4.03. The van der Waals surface area contributed by atoms with Crippen molar-refractivity contribution in [3.05, 3.63) is 40.9 Å². The van der Waals surface area contributed by atoms with Gasteiger partial charge in [-0.25, -0.2) is 0 Å². The molecule has 3 heterocycles. The third-order valence-electron chi connectivity index (χ3n) is 7.29. The fourth-order valence-corrected chi connectivity index (χ4v) is 6.02. The van der Waals surface area contributed by atoms with Gasteiger partial charge in [-0.05, 0) is 69.4 Å². The number of carbonyl (C=O) groups excluding carboxylic acids is 2. The number of amides is 2. The molecule has 170 valence electrons. The van der Waals surface area contributed by atoms with E-state index in [1.165, 1.54) is 18.4 Å². The predicted octanol–water partition coefficient (Wildman–Crippen LogP) is 4.78. The van der Waals surface area contributed by atoms with Gasteiger partial charge in [0.25, 0.3) is 5.91 Å². The van der Waals surface area contributed by atoms with Gasteiger partial charge in [-0.2, -0.15) is 5.10 Å². The summed E-state index contributed by atoms with van der Waals surface area (Å²) >= 11 is 1.61. The number of nitrogens with one attached hydrogen (secondary N) is 1. The molecule has 2 aliphatic carbocycles. The fourth-order valence-electron chi connectivity index (χ4n) is 5.33. The van der Waals surface area contributed by atoms with Crippen LogP contribution in [-0.2, 0) is 11.3 Å². The van der Waals surface area contributed by atoms with E-state index in [0.717, 1.165) is 55.5 Å². The standard InChI is InChI=1S/C25H32N4O2S/c1-25(24(31)26-19-10-5-6-11-19)17-29-21(16-20(27-29)22-12-7-15-32-22)23(30)28(25)14-13-18-8-3-2-4-9-18/h7-8,12,15-16,19H,2-6,9-11,13-14,17H2,1H3,(H,26,31)/t25-/m0/s1. The Bertz CT molecular complexity index is 1020. The van der Waals surface area contributed by atoms with Crippen molar-refractivity contribution in [1.82, 2.24) is 20.0 Å². The molecule has 6 nitrogen and oxygen atoms in total. The van der Waals surface area contributed by atoms with Crippen molar-refractivity contribution in [2.45, 2.75) is 82.8 Å². The number of carbonyl (C=O) groups is 2. The van der Waals surface area contributed by atoms with Crippen LogP contribution in [0.15, 0.2) is 35.2 Å². The Morgan fingerprint density at radius 3 is 2.84 bits per heavy atom. The molecule has 2 aromatic heterocycles. The van der Waals surface area contributed by atoms with Crippen LogP contribution in [0.5, 0.6) is 0 Å². The molecular weight excluding hydrogens is 420 g/mol. The number of fused-ring (bicyclic) bond motifs is 1. The minimum Gasteiger partial charge on any atom is -0.351 e. The van der Waals surface area contributed by atoms with Crippen LogP contribution in [0.3, 0.4) is 0 Å². The molecule has 2 aromatic rings. The highest BCUT2D eigenvalue weighted by atomic mass is 32.1. The first-order valence-corrected chi connectivity index (χ1v) is 12.9. The van der Waals surface area contributed by atoms with E-state index in [-0.39, 0.29) is 17.9 Å². The molecule has 1 fully saturated rings. The van der Waals surface area contributed by atoms with E-state index in [4.69, 9.17) is 5.10 Å². The van der Waals surface area contributed by atoms with Crippen LogP contribution in [0.25, 0.3) is 10.6 Å². The number of rotatable bonds is 6. The van der Waals surface area contributed by atoms with E-state index in [0.29, 0.717) is 18.8 Å². The topological polar surface area (TPSA) is 67.2 Å². The summed E-state index contributed by atoms with van der Waals surface area (Å²) in [6.45, 7) is 2.87. The molecule has 1 atom stereocenters. The SMILES string of the molecule is C[C@@]1(C(=O)NC2CCCC2)Cn2nc(-c3cccs3)cc2C(=O)N1CCC1=CCCCC1. The summed E-state index contributed by atoms with van der Waals surface area (Å²) < 4.78 is 1.75. The normalized spacial score (nSPS) is 23.8. The highest BCUT2D eigenvalue weighted by Crippen LogP contribution is 2.33. The van der Waals surface area contributed by atoms with Crippen molar-refractivity contribution in [2.75, 3.05) is 6.54 Å². The summed E-state index contributed by atoms with van der Waals surface area (Å²) in [4.78, 5) is 30.1. The van der Waals surface area contributed by atoms with Crippen LogP contribution in [-0.4, -0.2) is 44.6 Å². The van der Waals surface area contributed by atoms with Crippen LogP contribution < -0.4 is 5.32 Å². The number of hydrogen-bond acceptors (Lipinski definition) is 4. The van der Waals surface area contributed by atoms with E-state index >= 15 is 0 Å². The smallest absolute Gasteiger partial charge is 0.273 e. The largest absolute Gasteiger partial charge is 0.351 e. The van der Waals surface area contributed by atoms with Gasteiger partial charge in [0.15, 0.2) is 0 Å². The number of hydrogen-bond donors (Lipinski definition) is 1. The number of aromatic nitrogens is 2. The van der Waals surface area contributed by atoms with Gasteiger partial charge >= 0.3 is 0 Å². The van der Waals surface area contributed by atoms with E-state index in [1.54, 1.807) is 16.0 Å². The molecule has 0 aromatic carbocycles. The second kappa shape index (κ2) is 8.85. The molecule has 1 N–H and O–H groups in total. The van der Waals surface area contributed by atoms with Gasteiger partial charge < -0.3 is 10.2 Å². The summed E-state index contributed by atoms with van der Waals surface area (Å²) in [5.74, 6) is -0.138. The Morgan fingerprint density at radius 2 is 2.12 bits per heavy atom. The van der Waals surface area contributed by atoms with Crippen molar-refractivity contribution < 1.29 is 9.59 Å². The molecule has 2 amide bonds. The zero-order valence-corrected chi connectivity index (χ0v) is 19.6. The molecule has 5 rings (SSSR count). The van der Waals surface area contributed by atoms with Crippen LogP contribution in [0.2, 0.25) is 0 Å². The Morgan fingerprint density at radius 1 is 1.28 bits per heavy atom. The monoisotopic (exact) mass is 452 g/mol. The molecule has 0 bridgehead atoms. The van der Waals surface area contributed by atoms with E-state index in [2.05, 4.69) is 11.4 Å². The van der Waals surface area contributed by atoms with Gasteiger partial charge in [0.2, 0.25) is 5.91 Å². The number of allylic oxidation sites excluding steroid dienone is 1. The van der Waals surface area contributed by atoms with E-state index < -0.39 is 5.54 Å². The van der Waals surface area contributed by atoms with Crippen molar-refractivity contribution in [1.29, 1.82) is 0 Å². The van der Waals surface area contributed by atoms with Crippen molar-refractivity contribution >= 4 is 23.2 Å². The maximum Gasteiger partial charge on any atom is 0.273 e. The van der Waals surface area contributed by atoms with Gasteiger partial charge in [-0.1, -0.05) is 30.6 Å². The maximum atomic E-state index is 13.7. The lowest BCUT2D eigenvalue weighted by Crippen LogP contribution is -2.65. The second-order valence-electron chi connectivity index (χ2n) is 9.59. The summed E-state index contributed by atoms with van der Waals surface area (Å²) in [5.41, 5.74) is 1.86. The fraction of sp³-hybridized carbons (Fsp3) is 0.560. The average Bonchev–Trinajstić information content (AvgIpc) is 3.56. The van der Waals surface area contributed by atoms with Gasteiger partial charge in [-0.15, -0.1) is 11.3 Å².